The lowest BCUT2D eigenvalue weighted by molar-refractivity contribution is 0.0989. The fourth-order valence-corrected chi connectivity index (χ4v) is 3.01. The Morgan fingerprint density at radius 2 is 1.96 bits per heavy atom. The van der Waals surface area contributed by atoms with Gasteiger partial charge in [0.15, 0.2) is 0 Å². The molecule has 128 valence electrons. The van der Waals surface area contributed by atoms with Gasteiger partial charge in [-0.3, -0.25) is 0 Å². The first-order valence-corrected chi connectivity index (χ1v) is 8.72. The molecule has 0 unspecified atom stereocenters. The number of piperazine rings is 1. The maximum atomic E-state index is 12.0. The molecular weight excluding hydrogens is 302 g/mol. The minimum Gasteiger partial charge on any atom is -0.449 e. The van der Waals surface area contributed by atoms with E-state index in [1.807, 2.05) is 18.2 Å². The number of hydrogen-bond donors (Lipinski definition) is 0. The second-order valence-electron chi connectivity index (χ2n) is 6.26. The molecular formula is C19H25N3O2. The van der Waals surface area contributed by atoms with Gasteiger partial charge in [0, 0.05) is 31.6 Å². The quantitative estimate of drug-likeness (QED) is 0.805. The van der Waals surface area contributed by atoms with Crippen molar-refractivity contribution in [2.75, 3.05) is 37.7 Å². The Bertz CT molecular complexity index is 709. The van der Waals surface area contributed by atoms with Crippen LogP contribution in [0.1, 0.15) is 25.3 Å². The molecule has 0 saturated carbocycles. The Hall–Kier alpha value is -2.30. The van der Waals surface area contributed by atoms with Gasteiger partial charge in [0.2, 0.25) is 0 Å². The highest BCUT2D eigenvalue weighted by atomic mass is 16.6. The van der Waals surface area contributed by atoms with Crippen molar-refractivity contribution in [3.8, 4) is 0 Å². The van der Waals surface area contributed by atoms with Crippen molar-refractivity contribution in [3.05, 3.63) is 35.9 Å². The molecule has 2 heterocycles. The SMILES string of the molecule is CCCCOC(=O)N1CCN(c2cc(C)c3ccccc3n2)CC1. The molecule has 5 nitrogen and oxygen atoms in total. The minimum absolute atomic E-state index is 0.189. The third-order valence-corrected chi connectivity index (χ3v) is 4.49. The van der Waals surface area contributed by atoms with Gasteiger partial charge in [0.1, 0.15) is 5.82 Å². The Balaban J connectivity index is 1.63. The molecule has 0 N–H and O–H groups in total. The van der Waals surface area contributed by atoms with Crippen LogP contribution in [0.15, 0.2) is 30.3 Å². The summed E-state index contributed by atoms with van der Waals surface area (Å²) in [4.78, 5) is 20.8. The number of nitrogens with zero attached hydrogens (tertiary/aromatic N) is 3. The molecule has 0 spiro atoms. The Morgan fingerprint density at radius 3 is 2.71 bits per heavy atom. The van der Waals surface area contributed by atoms with Gasteiger partial charge in [0.05, 0.1) is 12.1 Å². The molecule has 1 aromatic carbocycles. The van der Waals surface area contributed by atoms with E-state index in [0.29, 0.717) is 19.7 Å². The first-order chi connectivity index (χ1) is 11.7. The van der Waals surface area contributed by atoms with Crippen LogP contribution in [0.5, 0.6) is 0 Å². The second kappa shape index (κ2) is 7.51. The number of benzene rings is 1. The van der Waals surface area contributed by atoms with Crippen LogP contribution in [0.2, 0.25) is 0 Å². The van der Waals surface area contributed by atoms with Gasteiger partial charge < -0.3 is 14.5 Å². The van der Waals surface area contributed by atoms with E-state index >= 15 is 0 Å². The van der Waals surface area contributed by atoms with Gasteiger partial charge in [0.25, 0.3) is 0 Å². The van der Waals surface area contributed by atoms with Gasteiger partial charge in [-0.15, -0.1) is 0 Å². The lowest BCUT2D eigenvalue weighted by Crippen LogP contribution is -2.49. The maximum absolute atomic E-state index is 12.0. The molecule has 1 aliphatic heterocycles. The van der Waals surface area contributed by atoms with Crippen LogP contribution in [0.25, 0.3) is 10.9 Å². The summed E-state index contributed by atoms with van der Waals surface area (Å²) in [6, 6.07) is 10.3. The second-order valence-corrected chi connectivity index (χ2v) is 6.26. The summed E-state index contributed by atoms with van der Waals surface area (Å²) in [5.41, 5.74) is 2.26. The average molecular weight is 327 g/mol. The van der Waals surface area contributed by atoms with Crippen molar-refractivity contribution >= 4 is 22.8 Å². The predicted octanol–water partition coefficient (Wildman–Crippen LogP) is 3.60. The number of para-hydroxylation sites is 1. The monoisotopic (exact) mass is 327 g/mol. The molecule has 1 aromatic heterocycles. The molecule has 0 radical (unpaired) electrons. The molecule has 1 saturated heterocycles. The summed E-state index contributed by atoms with van der Waals surface area (Å²) in [7, 11) is 0. The summed E-state index contributed by atoms with van der Waals surface area (Å²) in [5.74, 6) is 0.991. The smallest absolute Gasteiger partial charge is 0.409 e. The van der Waals surface area contributed by atoms with Crippen LogP contribution in [-0.4, -0.2) is 48.8 Å². The number of ether oxygens (including phenoxy) is 1. The Labute approximate surface area is 143 Å². The molecule has 1 fully saturated rings. The van der Waals surface area contributed by atoms with Crippen LogP contribution < -0.4 is 4.90 Å². The number of carbonyl (C=O) groups is 1. The summed E-state index contributed by atoms with van der Waals surface area (Å²) in [6.07, 6.45) is 1.77. The molecule has 5 heteroatoms. The number of fused-ring (bicyclic) bond motifs is 1. The van der Waals surface area contributed by atoms with Crippen LogP contribution >= 0.6 is 0 Å². The first-order valence-electron chi connectivity index (χ1n) is 8.72. The van der Waals surface area contributed by atoms with Crippen LogP contribution in [-0.2, 0) is 4.74 Å². The number of carbonyl (C=O) groups excluding carboxylic acids is 1. The highest BCUT2D eigenvalue weighted by Gasteiger charge is 2.23. The summed E-state index contributed by atoms with van der Waals surface area (Å²) < 4.78 is 5.29. The van der Waals surface area contributed by atoms with E-state index in [9.17, 15) is 4.79 Å². The molecule has 24 heavy (non-hydrogen) atoms. The predicted molar refractivity (Wildman–Crippen MR) is 96.5 cm³/mol. The number of pyridine rings is 1. The molecule has 3 rings (SSSR count). The van der Waals surface area contributed by atoms with Crippen LogP contribution in [0.3, 0.4) is 0 Å². The van der Waals surface area contributed by atoms with Gasteiger partial charge in [-0.2, -0.15) is 0 Å². The van der Waals surface area contributed by atoms with Crippen molar-refractivity contribution in [2.45, 2.75) is 26.7 Å². The van der Waals surface area contributed by atoms with E-state index in [2.05, 4.69) is 30.9 Å². The summed E-state index contributed by atoms with van der Waals surface area (Å²) >= 11 is 0. The molecule has 1 aliphatic rings. The van der Waals surface area contributed by atoms with E-state index in [1.54, 1.807) is 4.90 Å². The normalized spacial score (nSPS) is 14.9. The van der Waals surface area contributed by atoms with Gasteiger partial charge in [-0.1, -0.05) is 31.5 Å². The number of unbranched alkanes of at least 4 members (excludes halogenated alkanes) is 1. The van der Waals surface area contributed by atoms with Gasteiger partial charge >= 0.3 is 6.09 Å². The summed E-state index contributed by atoms with van der Waals surface area (Å²) in [6.45, 7) is 7.65. The van der Waals surface area contributed by atoms with E-state index in [1.165, 1.54) is 10.9 Å². The van der Waals surface area contributed by atoms with Crippen molar-refractivity contribution in [2.24, 2.45) is 0 Å². The fraction of sp³-hybridized carbons (Fsp3) is 0.474. The van der Waals surface area contributed by atoms with Crippen molar-refractivity contribution in [1.82, 2.24) is 9.88 Å². The van der Waals surface area contributed by atoms with Crippen LogP contribution in [0.4, 0.5) is 10.6 Å². The van der Waals surface area contributed by atoms with Crippen molar-refractivity contribution in [3.63, 3.8) is 0 Å². The third-order valence-electron chi connectivity index (χ3n) is 4.49. The standard InChI is InChI=1S/C19H25N3O2/c1-3-4-13-24-19(23)22-11-9-21(10-12-22)18-14-15(2)16-7-5-6-8-17(16)20-18/h5-8,14H,3-4,9-13H2,1-2H3. The zero-order valence-corrected chi connectivity index (χ0v) is 14.5. The Morgan fingerprint density at radius 1 is 1.21 bits per heavy atom. The number of anilines is 1. The van der Waals surface area contributed by atoms with E-state index in [0.717, 1.165) is 37.3 Å². The maximum Gasteiger partial charge on any atom is 0.409 e. The lowest BCUT2D eigenvalue weighted by atomic mass is 10.1. The molecule has 0 aliphatic carbocycles. The first kappa shape index (κ1) is 16.6. The highest BCUT2D eigenvalue weighted by Crippen LogP contribution is 2.23. The van der Waals surface area contributed by atoms with Crippen molar-refractivity contribution < 1.29 is 9.53 Å². The van der Waals surface area contributed by atoms with Crippen LogP contribution in [0, 0.1) is 6.92 Å². The largest absolute Gasteiger partial charge is 0.449 e. The van der Waals surface area contributed by atoms with Gasteiger partial charge in [-0.25, -0.2) is 9.78 Å². The van der Waals surface area contributed by atoms with Crippen molar-refractivity contribution in [1.29, 1.82) is 0 Å². The highest BCUT2D eigenvalue weighted by molar-refractivity contribution is 5.83. The third kappa shape index (κ3) is 3.61. The topological polar surface area (TPSA) is 45.7 Å². The molecule has 2 aromatic rings. The van der Waals surface area contributed by atoms with E-state index < -0.39 is 0 Å². The average Bonchev–Trinajstić information content (AvgIpc) is 2.62. The van der Waals surface area contributed by atoms with E-state index in [4.69, 9.17) is 9.72 Å². The zero-order valence-electron chi connectivity index (χ0n) is 14.5. The zero-order chi connectivity index (χ0) is 16.9. The molecule has 0 atom stereocenters. The number of aryl methyl sites for hydroxylation is 1. The molecule has 0 bridgehead atoms. The number of aromatic nitrogens is 1. The molecule has 1 amide bonds. The number of amides is 1. The summed E-state index contributed by atoms with van der Waals surface area (Å²) in [5, 5.41) is 1.19. The Kier molecular flexibility index (Phi) is 5.18. The van der Waals surface area contributed by atoms with E-state index in [-0.39, 0.29) is 6.09 Å². The lowest BCUT2D eigenvalue weighted by Gasteiger charge is -2.35. The number of hydrogen-bond acceptors (Lipinski definition) is 4. The van der Waals surface area contributed by atoms with Gasteiger partial charge in [-0.05, 0) is 31.0 Å². The fourth-order valence-electron chi connectivity index (χ4n) is 3.01. The minimum atomic E-state index is -0.189. The number of rotatable bonds is 4.